The molecule has 1 fully saturated rings. The van der Waals surface area contributed by atoms with Gasteiger partial charge >= 0.3 is 0 Å². The van der Waals surface area contributed by atoms with Gasteiger partial charge in [-0.25, -0.2) is 4.98 Å². The maximum atomic E-state index is 4.59. The van der Waals surface area contributed by atoms with Crippen molar-refractivity contribution in [2.75, 3.05) is 18.0 Å². The van der Waals surface area contributed by atoms with E-state index >= 15 is 0 Å². The molecule has 0 bridgehead atoms. The van der Waals surface area contributed by atoms with E-state index in [2.05, 4.69) is 50.3 Å². The van der Waals surface area contributed by atoms with E-state index < -0.39 is 0 Å². The summed E-state index contributed by atoms with van der Waals surface area (Å²) >= 11 is 5.51. The van der Waals surface area contributed by atoms with Gasteiger partial charge in [0.15, 0.2) is 0 Å². The van der Waals surface area contributed by atoms with E-state index in [4.69, 9.17) is 0 Å². The maximum Gasteiger partial charge on any atom is 0.137 e. The predicted octanol–water partition coefficient (Wildman–Crippen LogP) is 4.30. The normalized spacial score (nSPS) is 19.3. The standard InChI is InChI=1S/C14H17BrN2S/c1-10(15)11-3-7-17(8-4-11)14-12-5-9-18-13(12)2-6-16-14/h2,5-6,9-11H,3-4,7-8H2,1H3. The zero-order valence-corrected chi connectivity index (χ0v) is 12.9. The lowest BCUT2D eigenvalue weighted by Crippen LogP contribution is -2.36. The molecule has 3 heterocycles. The molecule has 1 saturated heterocycles. The van der Waals surface area contributed by atoms with Crippen LogP contribution in [-0.2, 0) is 0 Å². The molecule has 18 heavy (non-hydrogen) atoms. The smallest absolute Gasteiger partial charge is 0.137 e. The molecule has 1 unspecified atom stereocenters. The lowest BCUT2D eigenvalue weighted by molar-refractivity contribution is 0.406. The van der Waals surface area contributed by atoms with Crippen LogP contribution in [0.2, 0.25) is 0 Å². The molecule has 0 N–H and O–H groups in total. The molecule has 2 aromatic heterocycles. The van der Waals surface area contributed by atoms with Gasteiger partial charge in [-0.1, -0.05) is 22.9 Å². The van der Waals surface area contributed by atoms with Crippen LogP contribution >= 0.6 is 27.3 Å². The van der Waals surface area contributed by atoms with Crippen molar-refractivity contribution in [3.63, 3.8) is 0 Å². The van der Waals surface area contributed by atoms with Crippen molar-refractivity contribution in [2.45, 2.75) is 24.6 Å². The summed E-state index contributed by atoms with van der Waals surface area (Å²) in [7, 11) is 0. The lowest BCUT2D eigenvalue weighted by atomic mass is 9.94. The Morgan fingerprint density at radius 2 is 2.17 bits per heavy atom. The van der Waals surface area contributed by atoms with Gasteiger partial charge in [0.25, 0.3) is 0 Å². The molecule has 1 aliphatic heterocycles. The maximum absolute atomic E-state index is 4.59. The highest BCUT2D eigenvalue weighted by Crippen LogP contribution is 2.32. The molecule has 2 nitrogen and oxygen atoms in total. The number of fused-ring (bicyclic) bond motifs is 1. The van der Waals surface area contributed by atoms with Gasteiger partial charge in [0.05, 0.1) is 0 Å². The highest BCUT2D eigenvalue weighted by molar-refractivity contribution is 9.09. The van der Waals surface area contributed by atoms with Gasteiger partial charge in [-0.05, 0) is 36.3 Å². The Bertz CT molecular complexity index is 529. The third-order valence-corrected chi connectivity index (χ3v) is 5.48. The first-order chi connectivity index (χ1) is 8.75. The molecule has 0 aliphatic carbocycles. The number of nitrogens with zero attached hydrogens (tertiary/aromatic N) is 2. The molecular weight excluding hydrogens is 308 g/mol. The molecule has 2 aromatic rings. The van der Waals surface area contributed by atoms with Gasteiger partial charge in [-0.15, -0.1) is 11.3 Å². The van der Waals surface area contributed by atoms with Crippen molar-refractivity contribution < 1.29 is 0 Å². The number of anilines is 1. The van der Waals surface area contributed by atoms with Crippen LogP contribution in [0.3, 0.4) is 0 Å². The molecule has 3 rings (SSSR count). The molecule has 0 saturated carbocycles. The minimum Gasteiger partial charge on any atom is -0.356 e. The Labute approximate surface area is 120 Å². The first-order valence-corrected chi connectivity index (χ1v) is 8.26. The average molecular weight is 325 g/mol. The highest BCUT2D eigenvalue weighted by Gasteiger charge is 2.24. The molecule has 1 atom stereocenters. The van der Waals surface area contributed by atoms with Gasteiger partial charge in [-0.3, -0.25) is 0 Å². The molecule has 96 valence electrons. The second-order valence-corrected chi connectivity index (χ2v) is 7.36. The summed E-state index contributed by atoms with van der Waals surface area (Å²) in [5.74, 6) is 1.98. The average Bonchev–Trinajstić information content (AvgIpc) is 2.87. The van der Waals surface area contributed by atoms with E-state index in [0.29, 0.717) is 4.83 Å². The van der Waals surface area contributed by atoms with Crippen molar-refractivity contribution in [3.05, 3.63) is 23.7 Å². The summed E-state index contributed by atoms with van der Waals surface area (Å²) in [6, 6.07) is 4.30. The van der Waals surface area contributed by atoms with Crippen LogP contribution in [0.5, 0.6) is 0 Å². The Morgan fingerprint density at radius 1 is 1.39 bits per heavy atom. The lowest BCUT2D eigenvalue weighted by Gasteiger charge is -2.34. The van der Waals surface area contributed by atoms with E-state index in [1.165, 1.54) is 28.7 Å². The van der Waals surface area contributed by atoms with Crippen molar-refractivity contribution in [3.8, 4) is 0 Å². The van der Waals surface area contributed by atoms with Gasteiger partial charge in [0.2, 0.25) is 0 Å². The van der Waals surface area contributed by atoms with Crippen LogP contribution < -0.4 is 4.90 Å². The molecule has 4 heteroatoms. The van der Waals surface area contributed by atoms with Crippen LogP contribution in [0.4, 0.5) is 5.82 Å². The van der Waals surface area contributed by atoms with Crippen molar-refractivity contribution >= 4 is 43.2 Å². The second kappa shape index (κ2) is 5.17. The van der Waals surface area contributed by atoms with Crippen molar-refractivity contribution in [1.82, 2.24) is 4.98 Å². The fraction of sp³-hybridized carbons (Fsp3) is 0.500. The predicted molar refractivity (Wildman–Crippen MR) is 82.9 cm³/mol. The fourth-order valence-electron chi connectivity index (χ4n) is 2.70. The van der Waals surface area contributed by atoms with Crippen LogP contribution in [-0.4, -0.2) is 22.9 Å². The van der Waals surface area contributed by atoms with Crippen LogP contribution in [0, 0.1) is 5.92 Å². The SMILES string of the molecule is CC(Br)C1CCN(c2nccc3sccc23)CC1. The topological polar surface area (TPSA) is 16.1 Å². The van der Waals surface area contributed by atoms with Gasteiger partial charge in [0, 0.05) is 34.2 Å². The van der Waals surface area contributed by atoms with Gasteiger partial charge in [-0.2, -0.15) is 0 Å². The monoisotopic (exact) mass is 324 g/mol. The first-order valence-electron chi connectivity index (χ1n) is 6.47. The minimum absolute atomic E-state index is 0.629. The summed E-state index contributed by atoms with van der Waals surface area (Å²) in [4.78, 5) is 7.67. The molecule has 0 spiro atoms. The largest absolute Gasteiger partial charge is 0.356 e. The number of thiophene rings is 1. The van der Waals surface area contributed by atoms with Crippen LogP contribution in [0.25, 0.3) is 10.1 Å². The summed E-state index contributed by atoms with van der Waals surface area (Å²) in [5, 5.41) is 3.47. The van der Waals surface area contributed by atoms with Gasteiger partial charge < -0.3 is 4.90 Å². The summed E-state index contributed by atoms with van der Waals surface area (Å²) < 4.78 is 1.34. The summed E-state index contributed by atoms with van der Waals surface area (Å²) in [6.45, 7) is 4.52. The number of halogens is 1. The molecule has 0 amide bonds. The molecule has 0 aromatic carbocycles. The number of hydrogen-bond acceptors (Lipinski definition) is 3. The number of hydrogen-bond donors (Lipinski definition) is 0. The Kier molecular flexibility index (Phi) is 3.57. The number of pyridine rings is 1. The fourth-order valence-corrected chi connectivity index (χ4v) is 4.01. The van der Waals surface area contributed by atoms with Crippen LogP contribution in [0.1, 0.15) is 19.8 Å². The Balaban J connectivity index is 1.82. The zero-order valence-electron chi connectivity index (χ0n) is 10.5. The third kappa shape index (κ3) is 2.28. The van der Waals surface area contributed by atoms with E-state index in [1.807, 2.05) is 6.20 Å². The number of aromatic nitrogens is 1. The van der Waals surface area contributed by atoms with Crippen molar-refractivity contribution in [1.29, 1.82) is 0 Å². The van der Waals surface area contributed by atoms with E-state index in [1.54, 1.807) is 11.3 Å². The third-order valence-electron chi connectivity index (χ3n) is 3.85. The van der Waals surface area contributed by atoms with Crippen LogP contribution in [0.15, 0.2) is 23.7 Å². The number of rotatable bonds is 2. The second-order valence-electron chi connectivity index (χ2n) is 4.97. The molecule has 0 radical (unpaired) electrons. The number of alkyl halides is 1. The van der Waals surface area contributed by atoms with E-state index in [-0.39, 0.29) is 0 Å². The van der Waals surface area contributed by atoms with Gasteiger partial charge in [0.1, 0.15) is 5.82 Å². The first kappa shape index (κ1) is 12.4. The summed E-state index contributed by atoms with van der Waals surface area (Å²) in [5.41, 5.74) is 0. The zero-order chi connectivity index (χ0) is 12.5. The highest BCUT2D eigenvalue weighted by atomic mass is 79.9. The molecule has 1 aliphatic rings. The Morgan fingerprint density at radius 3 is 2.89 bits per heavy atom. The Hall–Kier alpha value is -0.610. The van der Waals surface area contributed by atoms with Crippen molar-refractivity contribution in [2.24, 2.45) is 5.92 Å². The summed E-state index contributed by atoms with van der Waals surface area (Å²) in [6.07, 6.45) is 4.45. The van der Waals surface area contributed by atoms with E-state index in [0.717, 1.165) is 19.0 Å². The number of piperidine rings is 1. The quantitative estimate of drug-likeness (QED) is 0.766. The minimum atomic E-state index is 0.629. The molecular formula is C14H17BrN2S. The van der Waals surface area contributed by atoms with E-state index in [9.17, 15) is 0 Å².